The Morgan fingerprint density at radius 3 is 2.68 bits per heavy atom. The quantitative estimate of drug-likeness (QED) is 0.525. The van der Waals surface area contributed by atoms with Crippen LogP contribution in [-0.2, 0) is 4.79 Å². The van der Waals surface area contributed by atoms with Crippen molar-refractivity contribution < 1.29 is 24.1 Å². The average molecular weight is 514 g/mol. The zero-order valence-electron chi connectivity index (χ0n) is 22.7. The number of anilines is 1. The molecule has 0 unspecified atom stereocenters. The number of hydrogen-bond donors (Lipinski definition) is 2. The molecule has 0 aromatic heterocycles. The zero-order chi connectivity index (χ0) is 26.1. The molecule has 0 bridgehead atoms. The predicted molar refractivity (Wildman–Crippen MR) is 140 cm³/mol. The first-order chi connectivity index (χ1) is 17.6. The van der Waals surface area contributed by atoms with Gasteiger partial charge in [-0.15, -0.1) is 0 Å². The molecule has 6 heteroatoms. The van der Waals surface area contributed by atoms with Crippen LogP contribution < -0.4 is 9.64 Å². The summed E-state index contributed by atoms with van der Waals surface area (Å²) in [6.45, 7) is 7.42. The lowest BCUT2D eigenvalue weighted by atomic mass is 9.43. The largest absolute Gasteiger partial charge is 0.470 e. The third kappa shape index (κ3) is 4.04. The van der Waals surface area contributed by atoms with Gasteiger partial charge in [0.05, 0.1) is 17.9 Å². The van der Waals surface area contributed by atoms with Crippen LogP contribution in [-0.4, -0.2) is 35.1 Å². The first-order valence-corrected chi connectivity index (χ1v) is 14.7. The third-order valence-corrected chi connectivity index (χ3v) is 12.1. The van der Waals surface area contributed by atoms with Crippen molar-refractivity contribution in [2.24, 2.45) is 46.3 Å². The normalized spacial score (nSPS) is 43.3. The molecule has 37 heavy (non-hydrogen) atoms. The van der Waals surface area contributed by atoms with Crippen LogP contribution in [0.4, 0.5) is 10.1 Å². The first-order valence-electron chi connectivity index (χ1n) is 14.7. The number of carbonyl (C=O) groups excluding carboxylic acids is 1. The Morgan fingerprint density at radius 1 is 1.11 bits per heavy atom. The maximum Gasteiger partial charge on any atom is 0.229 e. The molecule has 10 atom stereocenters. The molecule has 4 fully saturated rings. The summed E-state index contributed by atoms with van der Waals surface area (Å²) < 4.78 is 19.1. The Bertz CT molecular complexity index is 1050. The van der Waals surface area contributed by atoms with E-state index in [2.05, 4.69) is 20.8 Å². The number of rotatable bonds is 4. The fourth-order valence-corrected chi connectivity index (χ4v) is 10.1. The van der Waals surface area contributed by atoms with Gasteiger partial charge in [0.2, 0.25) is 5.91 Å². The molecule has 1 aromatic carbocycles. The second kappa shape index (κ2) is 9.22. The Labute approximate surface area is 220 Å². The summed E-state index contributed by atoms with van der Waals surface area (Å²) in [6.07, 6.45) is 9.30. The number of carbonyl (C=O) groups is 1. The topological polar surface area (TPSA) is 70.0 Å². The number of nitrogens with zero attached hydrogens (tertiary/aromatic N) is 1. The molecular weight excluding hydrogens is 469 g/mol. The van der Waals surface area contributed by atoms with Gasteiger partial charge >= 0.3 is 0 Å². The lowest BCUT2D eigenvalue weighted by Gasteiger charge is -2.62. The van der Waals surface area contributed by atoms with Crippen LogP contribution >= 0.6 is 0 Å². The summed E-state index contributed by atoms with van der Waals surface area (Å²) in [6, 6.07) is 4.36. The van der Waals surface area contributed by atoms with Gasteiger partial charge in [-0.2, -0.15) is 0 Å². The average Bonchev–Trinajstić information content (AvgIpc) is 3.44. The highest BCUT2D eigenvalue weighted by Crippen LogP contribution is 2.68. The summed E-state index contributed by atoms with van der Waals surface area (Å²) >= 11 is 0. The van der Waals surface area contributed by atoms with Crippen molar-refractivity contribution in [3.05, 3.63) is 24.0 Å². The standard InChI is InChI=1S/C31H44FNO4/c1-18(4-9-28(36)33-17-37-27-16-20(32)5-8-25(27)33)22-6-7-23-29-24(11-13-31(22,23)3)30(2)12-10-21(34)14-19(30)15-26(29)35/h5,8,16,18-19,21-24,26,29,34-35H,4,6-7,9-15,17H2,1-3H3/t18-,19+,21-,22-,23+,24+,26-,29+,30+,31-/m1/s1. The van der Waals surface area contributed by atoms with E-state index < -0.39 is 0 Å². The van der Waals surface area contributed by atoms with E-state index in [1.54, 1.807) is 11.0 Å². The van der Waals surface area contributed by atoms with Crippen LogP contribution in [0.3, 0.4) is 0 Å². The van der Waals surface area contributed by atoms with Crippen molar-refractivity contribution in [1.29, 1.82) is 0 Å². The van der Waals surface area contributed by atoms with E-state index in [9.17, 15) is 19.4 Å². The number of amides is 1. The Balaban J connectivity index is 1.13. The van der Waals surface area contributed by atoms with E-state index >= 15 is 0 Å². The number of hydrogen-bond acceptors (Lipinski definition) is 4. The molecule has 1 amide bonds. The number of fused-ring (bicyclic) bond motifs is 6. The fraction of sp³-hybridized carbons (Fsp3) is 0.774. The van der Waals surface area contributed by atoms with Crippen molar-refractivity contribution in [3.63, 3.8) is 0 Å². The molecule has 6 rings (SSSR count). The van der Waals surface area contributed by atoms with E-state index in [-0.39, 0.29) is 41.5 Å². The van der Waals surface area contributed by atoms with Crippen molar-refractivity contribution >= 4 is 11.6 Å². The molecule has 2 N–H and O–H groups in total. The lowest BCUT2D eigenvalue weighted by Crippen LogP contribution is -2.58. The van der Waals surface area contributed by atoms with Gasteiger partial charge in [-0.25, -0.2) is 4.39 Å². The minimum absolute atomic E-state index is 0.0433. The van der Waals surface area contributed by atoms with E-state index in [0.717, 1.165) is 32.1 Å². The molecule has 5 nitrogen and oxygen atoms in total. The minimum Gasteiger partial charge on any atom is -0.470 e. The summed E-state index contributed by atoms with van der Waals surface area (Å²) in [5.41, 5.74) is 1.12. The first kappa shape index (κ1) is 25.6. The second-order valence-electron chi connectivity index (χ2n) is 13.7. The van der Waals surface area contributed by atoms with Gasteiger partial charge in [0.15, 0.2) is 6.73 Å². The van der Waals surface area contributed by atoms with Crippen LogP contribution in [0.5, 0.6) is 5.75 Å². The fourth-order valence-electron chi connectivity index (χ4n) is 10.1. The minimum atomic E-state index is -0.353. The van der Waals surface area contributed by atoms with Crippen molar-refractivity contribution in [2.45, 2.75) is 97.2 Å². The van der Waals surface area contributed by atoms with Gasteiger partial charge in [0, 0.05) is 12.5 Å². The van der Waals surface area contributed by atoms with Gasteiger partial charge < -0.3 is 14.9 Å². The van der Waals surface area contributed by atoms with Crippen LogP contribution in [0, 0.1) is 52.2 Å². The predicted octanol–water partition coefficient (Wildman–Crippen LogP) is 5.92. The molecule has 1 aromatic rings. The Morgan fingerprint density at radius 2 is 1.86 bits per heavy atom. The summed E-state index contributed by atoms with van der Waals surface area (Å²) in [7, 11) is 0. The number of aliphatic hydroxyl groups is 2. The highest BCUT2D eigenvalue weighted by atomic mass is 19.1. The molecular formula is C31H44FNO4. The molecule has 0 spiro atoms. The zero-order valence-corrected chi connectivity index (χ0v) is 22.7. The number of benzene rings is 1. The monoisotopic (exact) mass is 513 g/mol. The summed E-state index contributed by atoms with van der Waals surface area (Å²) in [4.78, 5) is 14.7. The van der Waals surface area contributed by atoms with Gasteiger partial charge in [-0.3, -0.25) is 9.69 Å². The summed E-state index contributed by atoms with van der Waals surface area (Å²) in [5, 5.41) is 21.8. The van der Waals surface area contributed by atoms with Crippen LogP contribution in [0.15, 0.2) is 18.2 Å². The molecule has 0 saturated heterocycles. The number of halogens is 1. The highest BCUT2D eigenvalue weighted by molar-refractivity contribution is 5.95. The smallest absolute Gasteiger partial charge is 0.229 e. The van der Waals surface area contributed by atoms with Crippen LogP contribution in [0.1, 0.15) is 85.0 Å². The van der Waals surface area contributed by atoms with E-state index in [1.165, 1.54) is 37.8 Å². The molecule has 204 valence electrons. The van der Waals surface area contributed by atoms with Gasteiger partial charge in [0.25, 0.3) is 0 Å². The van der Waals surface area contributed by atoms with Crippen molar-refractivity contribution in [2.75, 3.05) is 11.6 Å². The van der Waals surface area contributed by atoms with Gasteiger partial charge in [-0.1, -0.05) is 20.8 Å². The van der Waals surface area contributed by atoms with Gasteiger partial charge in [-0.05, 0) is 116 Å². The van der Waals surface area contributed by atoms with E-state index in [1.807, 2.05) is 0 Å². The lowest BCUT2D eigenvalue weighted by molar-refractivity contribution is -0.174. The Kier molecular flexibility index (Phi) is 6.38. The highest BCUT2D eigenvalue weighted by Gasteiger charge is 2.62. The molecule has 4 aliphatic carbocycles. The second-order valence-corrected chi connectivity index (χ2v) is 13.7. The van der Waals surface area contributed by atoms with E-state index in [0.29, 0.717) is 53.4 Å². The van der Waals surface area contributed by atoms with Crippen LogP contribution in [0.2, 0.25) is 0 Å². The third-order valence-electron chi connectivity index (χ3n) is 12.1. The maximum atomic E-state index is 13.5. The summed E-state index contributed by atoms with van der Waals surface area (Å²) in [5.74, 6) is 3.04. The van der Waals surface area contributed by atoms with E-state index in [4.69, 9.17) is 4.74 Å². The number of ether oxygens (including phenoxy) is 1. The SMILES string of the molecule is C[C@H](CCC(=O)N1COc2cc(F)ccc21)[C@H]1CC[C@H]2[C@@H]3[C@H](O)C[C@@H]4C[C@H](O)CC[C@]4(C)[C@H]3CC[C@]12C. The molecule has 4 saturated carbocycles. The van der Waals surface area contributed by atoms with Gasteiger partial charge in [0.1, 0.15) is 11.6 Å². The number of aliphatic hydroxyl groups excluding tert-OH is 2. The molecule has 0 radical (unpaired) electrons. The molecule has 1 heterocycles. The molecule has 1 aliphatic heterocycles. The van der Waals surface area contributed by atoms with Crippen LogP contribution in [0.25, 0.3) is 0 Å². The van der Waals surface area contributed by atoms with Crippen molar-refractivity contribution in [1.82, 2.24) is 0 Å². The maximum absolute atomic E-state index is 13.5. The molecule has 5 aliphatic rings. The Hall–Kier alpha value is -1.66. The van der Waals surface area contributed by atoms with Crippen molar-refractivity contribution in [3.8, 4) is 5.75 Å².